The lowest BCUT2D eigenvalue weighted by Gasteiger charge is -2.09. The van der Waals surface area contributed by atoms with E-state index in [0.717, 1.165) is 17.1 Å². The molecule has 1 aromatic heterocycles. The standard InChI is InChI=1S/C25H23N3O4/c1-30-22-12-11-19(14-23(22)31-2)25(29)27-24-16-28(17-26-24)15-18-7-6-10-21(13-18)32-20-8-4-3-5-9-20/h3-14,16-17H,15H2,1-2H3,(H,27,29). The van der Waals surface area contributed by atoms with E-state index in [4.69, 9.17) is 14.2 Å². The van der Waals surface area contributed by atoms with Gasteiger partial charge in [0.1, 0.15) is 11.5 Å². The molecule has 32 heavy (non-hydrogen) atoms. The second-order valence-corrected chi connectivity index (χ2v) is 7.02. The summed E-state index contributed by atoms with van der Waals surface area (Å²) in [7, 11) is 3.08. The SMILES string of the molecule is COc1ccc(C(=O)Nc2cn(Cc3cccc(Oc4ccccc4)c3)cn2)cc1OC. The third-order valence-corrected chi connectivity index (χ3v) is 4.76. The van der Waals surface area contributed by atoms with Crippen molar-refractivity contribution >= 4 is 11.7 Å². The molecule has 0 saturated heterocycles. The number of carbonyl (C=O) groups excluding carboxylic acids is 1. The van der Waals surface area contributed by atoms with Crippen LogP contribution in [-0.2, 0) is 6.54 Å². The Bertz CT molecular complexity index is 1200. The first-order valence-electron chi connectivity index (χ1n) is 10.0. The topological polar surface area (TPSA) is 74.6 Å². The molecule has 0 aliphatic heterocycles. The predicted octanol–water partition coefficient (Wildman–Crippen LogP) is 4.99. The van der Waals surface area contributed by atoms with E-state index < -0.39 is 0 Å². The highest BCUT2D eigenvalue weighted by Gasteiger charge is 2.12. The Morgan fingerprint density at radius 2 is 1.69 bits per heavy atom. The fraction of sp³-hybridized carbons (Fsp3) is 0.120. The highest BCUT2D eigenvalue weighted by molar-refractivity contribution is 6.04. The van der Waals surface area contributed by atoms with Gasteiger partial charge in [-0.2, -0.15) is 0 Å². The van der Waals surface area contributed by atoms with Gasteiger partial charge in [-0.15, -0.1) is 0 Å². The minimum atomic E-state index is -0.283. The maximum Gasteiger partial charge on any atom is 0.256 e. The molecule has 1 heterocycles. The van der Waals surface area contributed by atoms with E-state index in [1.165, 1.54) is 7.11 Å². The first kappa shape index (κ1) is 21.0. The Balaban J connectivity index is 1.41. The lowest BCUT2D eigenvalue weighted by atomic mass is 10.2. The van der Waals surface area contributed by atoms with Crippen molar-refractivity contribution in [2.45, 2.75) is 6.54 Å². The van der Waals surface area contributed by atoms with Crippen LogP contribution < -0.4 is 19.5 Å². The summed E-state index contributed by atoms with van der Waals surface area (Å²) in [5, 5.41) is 2.81. The number of anilines is 1. The second-order valence-electron chi connectivity index (χ2n) is 7.02. The molecular formula is C25H23N3O4. The van der Waals surface area contributed by atoms with Gasteiger partial charge in [0.2, 0.25) is 0 Å². The van der Waals surface area contributed by atoms with E-state index >= 15 is 0 Å². The maximum atomic E-state index is 12.6. The number of methoxy groups -OCH3 is 2. The number of benzene rings is 3. The predicted molar refractivity (Wildman–Crippen MR) is 122 cm³/mol. The summed E-state index contributed by atoms with van der Waals surface area (Å²) in [6.07, 6.45) is 3.46. The van der Waals surface area contributed by atoms with Gasteiger partial charge in [0, 0.05) is 18.3 Å². The summed E-state index contributed by atoms with van der Waals surface area (Å²) in [5.74, 6) is 2.77. The second kappa shape index (κ2) is 9.70. The van der Waals surface area contributed by atoms with Gasteiger partial charge in [-0.1, -0.05) is 30.3 Å². The number of aromatic nitrogens is 2. The highest BCUT2D eigenvalue weighted by atomic mass is 16.5. The zero-order chi connectivity index (χ0) is 22.3. The monoisotopic (exact) mass is 429 g/mol. The first-order valence-corrected chi connectivity index (χ1v) is 10.0. The van der Waals surface area contributed by atoms with Crippen LogP contribution >= 0.6 is 0 Å². The number of amides is 1. The van der Waals surface area contributed by atoms with Crippen LogP contribution in [0, 0.1) is 0 Å². The van der Waals surface area contributed by atoms with Crippen molar-refractivity contribution in [2.75, 3.05) is 19.5 Å². The van der Waals surface area contributed by atoms with Crippen LogP contribution in [0.3, 0.4) is 0 Å². The molecule has 1 amide bonds. The van der Waals surface area contributed by atoms with Gasteiger partial charge < -0.3 is 24.1 Å². The Labute approximate surface area is 186 Å². The molecule has 162 valence electrons. The molecule has 7 nitrogen and oxygen atoms in total. The van der Waals surface area contributed by atoms with Gasteiger partial charge in [-0.25, -0.2) is 4.98 Å². The van der Waals surface area contributed by atoms with Crippen molar-refractivity contribution in [2.24, 2.45) is 0 Å². The van der Waals surface area contributed by atoms with Crippen LogP contribution in [0.1, 0.15) is 15.9 Å². The number of hydrogen-bond acceptors (Lipinski definition) is 5. The average Bonchev–Trinajstić information content (AvgIpc) is 3.26. The number of nitrogens with one attached hydrogen (secondary N) is 1. The Hall–Kier alpha value is -4.26. The zero-order valence-electron chi connectivity index (χ0n) is 17.8. The third-order valence-electron chi connectivity index (χ3n) is 4.76. The van der Waals surface area contributed by atoms with Gasteiger partial charge in [-0.3, -0.25) is 4.79 Å². The van der Waals surface area contributed by atoms with Gasteiger partial charge in [-0.05, 0) is 48.0 Å². The minimum absolute atomic E-state index is 0.283. The molecule has 0 fully saturated rings. The molecule has 0 bridgehead atoms. The summed E-state index contributed by atoms with van der Waals surface area (Å²) >= 11 is 0. The van der Waals surface area contributed by atoms with Crippen molar-refractivity contribution in [1.82, 2.24) is 9.55 Å². The molecule has 4 aromatic rings. The molecule has 7 heteroatoms. The van der Waals surface area contributed by atoms with E-state index in [-0.39, 0.29) is 5.91 Å². The van der Waals surface area contributed by atoms with Gasteiger partial charge in [0.05, 0.1) is 20.5 Å². The quantitative estimate of drug-likeness (QED) is 0.427. The molecule has 0 aliphatic carbocycles. The zero-order valence-corrected chi connectivity index (χ0v) is 17.8. The van der Waals surface area contributed by atoms with Crippen molar-refractivity contribution in [3.05, 3.63) is 96.4 Å². The largest absolute Gasteiger partial charge is 0.493 e. The van der Waals surface area contributed by atoms with Crippen LogP contribution in [0.2, 0.25) is 0 Å². The number of para-hydroxylation sites is 1. The molecule has 3 aromatic carbocycles. The normalized spacial score (nSPS) is 10.4. The molecule has 0 spiro atoms. The Morgan fingerprint density at radius 1 is 0.906 bits per heavy atom. The molecule has 0 aliphatic rings. The van der Waals surface area contributed by atoms with Crippen LogP contribution in [-0.4, -0.2) is 29.7 Å². The maximum absolute atomic E-state index is 12.6. The number of rotatable bonds is 8. The summed E-state index contributed by atoms with van der Waals surface area (Å²) < 4.78 is 18.3. The highest BCUT2D eigenvalue weighted by Crippen LogP contribution is 2.28. The average molecular weight is 429 g/mol. The van der Waals surface area contributed by atoms with Gasteiger partial charge >= 0.3 is 0 Å². The van der Waals surface area contributed by atoms with Crippen LogP contribution in [0.15, 0.2) is 85.3 Å². The number of ether oxygens (including phenoxy) is 3. The van der Waals surface area contributed by atoms with E-state index in [1.54, 1.807) is 37.8 Å². The van der Waals surface area contributed by atoms with E-state index in [2.05, 4.69) is 10.3 Å². The molecule has 0 unspecified atom stereocenters. The summed E-state index contributed by atoms with van der Waals surface area (Å²) in [6.45, 7) is 0.589. The lowest BCUT2D eigenvalue weighted by Crippen LogP contribution is -2.12. The molecule has 1 N–H and O–H groups in total. The number of imidazole rings is 1. The number of nitrogens with zero attached hydrogens (tertiary/aromatic N) is 2. The van der Waals surface area contributed by atoms with Gasteiger partial charge in [0.25, 0.3) is 5.91 Å². The minimum Gasteiger partial charge on any atom is -0.493 e. The summed E-state index contributed by atoms with van der Waals surface area (Å²) in [4.78, 5) is 16.9. The van der Waals surface area contributed by atoms with Crippen molar-refractivity contribution in [3.63, 3.8) is 0 Å². The van der Waals surface area contributed by atoms with Gasteiger partial charge in [0.15, 0.2) is 17.3 Å². The Morgan fingerprint density at radius 3 is 2.47 bits per heavy atom. The van der Waals surface area contributed by atoms with E-state index in [9.17, 15) is 4.79 Å². The fourth-order valence-corrected chi connectivity index (χ4v) is 3.22. The van der Waals surface area contributed by atoms with Crippen LogP contribution in [0.4, 0.5) is 5.82 Å². The molecule has 4 rings (SSSR count). The molecule has 0 radical (unpaired) electrons. The molecule has 0 saturated carbocycles. The van der Waals surface area contributed by atoms with Crippen molar-refractivity contribution < 1.29 is 19.0 Å². The van der Waals surface area contributed by atoms with E-state index in [0.29, 0.717) is 29.4 Å². The smallest absolute Gasteiger partial charge is 0.256 e. The van der Waals surface area contributed by atoms with Crippen molar-refractivity contribution in [3.8, 4) is 23.0 Å². The molecular weight excluding hydrogens is 406 g/mol. The summed E-state index contributed by atoms with van der Waals surface area (Å²) in [6, 6.07) is 22.5. The van der Waals surface area contributed by atoms with Crippen LogP contribution in [0.25, 0.3) is 0 Å². The first-order chi connectivity index (χ1) is 15.6. The van der Waals surface area contributed by atoms with Crippen LogP contribution in [0.5, 0.6) is 23.0 Å². The molecule has 0 atom stereocenters. The third kappa shape index (κ3) is 5.07. The fourth-order valence-electron chi connectivity index (χ4n) is 3.22. The van der Waals surface area contributed by atoms with E-state index in [1.807, 2.05) is 59.2 Å². The number of carbonyl (C=O) groups is 1. The van der Waals surface area contributed by atoms with Crippen molar-refractivity contribution in [1.29, 1.82) is 0 Å². The lowest BCUT2D eigenvalue weighted by molar-refractivity contribution is 0.102. The summed E-state index contributed by atoms with van der Waals surface area (Å²) in [5.41, 5.74) is 1.50. The Kier molecular flexibility index (Phi) is 6.36. The number of hydrogen-bond donors (Lipinski definition) is 1.